The van der Waals surface area contributed by atoms with Gasteiger partial charge in [0.05, 0.1) is 11.2 Å². The number of nitrogens with one attached hydrogen (secondary N) is 2. The molecule has 0 saturated carbocycles. The molecule has 1 aromatic heterocycles. The van der Waals surface area contributed by atoms with Crippen molar-refractivity contribution in [1.82, 2.24) is 10.5 Å². The van der Waals surface area contributed by atoms with Gasteiger partial charge in [-0.25, -0.2) is 0 Å². The highest BCUT2D eigenvalue weighted by molar-refractivity contribution is 5.94. The van der Waals surface area contributed by atoms with Gasteiger partial charge in [0.25, 0.3) is 5.91 Å². The quantitative estimate of drug-likeness (QED) is 0.462. The number of hydrogen-bond donors (Lipinski definition) is 3. The number of benzene rings is 2. The molecule has 7 nitrogen and oxygen atoms in total. The highest BCUT2D eigenvalue weighted by Crippen LogP contribution is 2.35. The SMILES string of the molecule is C=C(NOCC(=O)N=Nc1c(O)[nH]c2ccccc12)c1ccc(C)cc1. The van der Waals surface area contributed by atoms with Gasteiger partial charge < -0.3 is 10.1 Å². The van der Waals surface area contributed by atoms with E-state index in [1.54, 1.807) is 18.2 Å². The van der Waals surface area contributed by atoms with Gasteiger partial charge in [-0.15, -0.1) is 10.2 Å². The van der Waals surface area contributed by atoms with Crippen molar-refractivity contribution < 1.29 is 14.7 Å². The van der Waals surface area contributed by atoms with Gasteiger partial charge in [0.1, 0.15) is 0 Å². The lowest BCUT2D eigenvalue weighted by molar-refractivity contribution is -0.124. The number of hydrogen-bond acceptors (Lipinski definition) is 5. The zero-order valence-electron chi connectivity index (χ0n) is 14.2. The molecule has 0 saturated heterocycles. The van der Waals surface area contributed by atoms with Crippen LogP contribution in [0.4, 0.5) is 5.69 Å². The second-order valence-corrected chi connectivity index (χ2v) is 5.70. The molecule has 0 atom stereocenters. The fraction of sp³-hybridized carbons (Fsp3) is 0.105. The topological polar surface area (TPSA) is 99.1 Å². The van der Waals surface area contributed by atoms with Crippen LogP contribution >= 0.6 is 0 Å². The molecule has 0 aliphatic carbocycles. The number of aryl methyl sites for hydroxylation is 1. The number of carbonyl (C=O) groups is 1. The van der Waals surface area contributed by atoms with E-state index in [-0.39, 0.29) is 18.2 Å². The van der Waals surface area contributed by atoms with Crippen molar-refractivity contribution in [2.75, 3.05) is 6.61 Å². The summed E-state index contributed by atoms with van der Waals surface area (Å²) in [5, 5.41) is 17.9. The van der Waals surface area contributed by atoms with Crippen LogP contribution in [0.5, 0.6) is 5.88 Å². The van der Waals surface area contributed by atoms with Crippen molar-refractivity contribution >= 4 is 28.2 Å². The molecule has 0 fully saturated rings. The van der Waals surface area contributed by atoms with Gasteiger partial charge in [-0.3, -0.25) is 15.1 Å². The summed E-state index contributed by atoms with van der Waals surface area (Å²) in [6, 6.07) is 14.9. The number of aromatic amines is 1. The number of aromatic nitrogens is 1. The first-order valence-corrected chi connectivity index (χ1v) is 7.92. The van der Waals surface area contributed by atoms with Crippen molar-refractivity contribution in [3.63, 3.8) is 0 Å². The van der Waals surface area contributed by atoms with Gasteiger partial charge in [0.2, 0.25) is 5.88 Å². The maximum Gasteiger partial charge on any atom is 0.292 e. The number of carbonyl (C=O) groups excluding carboxylic acids is 1. The van der Waals surface area contributed by atoms with Crippen LogP contribution in [-0.4, -0.2) is 22.6 Å². The average molecular weight is 350 g/mol. The molecule has 132 valence electrons. The van der Waals surface area contributed by atoms with Crippen LogP contribution in [0.25, 0.3) is 16.6 Å². The fourth-order valence-corrected chi connectivity index (χ4v) is 2.35. The minimum Gasteiger partial charge on any atom is -0.493 e. The normalized spacial score (nSPS) is 11.1. The molecular weight excluding hydrogens is 332 g/mol. The van der Waals surface area contributed by atoms with E-state index in [1.807, 2.05) is 37.3 Å². The van der Waals surface area contributed by atoms with Crippen molar-refractivity contribution in [3.05, 3.63) is 66.2 Å². The summed E-state index contributed by atoms with van der Waals surface area (Å²) < 4.78 is 0. The number of nitrogens with zero attached hydrogens (tertiary/aromatic N) is 2. The average Bonchev–Trinajstić information content (AvgIpc) is 2.95. The second kappa shape index (κ2) is 7.62. The molecule has 3 N–H and O–H groups in total. The lowest BCUT2D eigenvalue weighted by Crippen LogP contribution is -2.17. The summed E-state index contributed by atoms with van der Waals surface area (Å²) in [6.45, 7) is 5.51. The summed E-state index contributed by atoms with van der Waals surface area (Å²) >= 11 is 0. The van der Waals surface area contributed by atoms with Crippen molar-refractivity contribution in [3.8, 4) is 5.88 Å². The predicted molar refractivity (Wildman–Crippen MR) is 98.8 cm³/mol. The van der Waals surface area contributed by atoms with Gasteiger partial charge in [0, 0.05) is 5.39 Å². The third-order valence-electron chi connectivity index (χ3n) is 3.71. The van der Waals surface area contributed by atoms with Gasteiger partial charge in [-0.2, -0.15) is 0 Å². The summed E-state index contributed by atoms with van der Waals surface area (Å²) in [6.07, 6.45) is 0. The number of para-hydroxylation sites is 1. The maximum atomic E-state index is 11.8. The highest BCUT2D eigenvalue weighted by Gasteiger charge is 2.10. The van der Waals surface area contributed by atoms with Gasteiger partial charge in [-0.05, 0) is 18.6 Å². The van der Waals surface area contributed by atoms with Crippen molar-refractivity contribution in [2.45, 2.75) is 6.92 Å². The Morgan fingerprint density at radius 1 is 1.23 bits per heavy atom. The predicted octanol–water partition coefficient (Wildman–Crippen LogP) is 3.98. The molecule has 0 unspecified atom stereocenters. The van der Waals surface area contributed by atoms with E-state index in [9.17, 15) is 9.90 Å². The van der Waals surface area contributed by atoms with E-state index in [1.165, 1.54) is 0 Å². The van der Waals surface area contributed by atoms with Crippen LogP contribution < -0.4 is 5.48 Å². The second-order valence-electron chi connectivity index (χ2n) is 5.70. The summed E-state index contributed by atoms with van der Waals surface area (Å²) in [7, 11) is 0. The number of aromatic hydroxyl groups is 1. The molecular formula is C19H18N4O3. The molecule has 1 amide bonds. The zero-order chi connectivity index (χ0) is 18.5. The van der Waals surface area contributed by atoms with E-state index in [2.05, 4.69) is 27.3 Å². The van der Waals surface area contributed by atoms with E-state index in [0.717, 1.165) is 11.1 Å². The molecule has 0 aliphatic rings. The molecule has 0 radical (unpaired) electrons. The van der Waals surface area contributed by atoms with Crippen LogP contribution in [0, 0.1) is 6.92 Å². The Balaban J connectivity index is 1.55. The molecule has 0 bridgehead atoms. The number of H-pyrrole nitrogens is 1. The minimum absolute atomic E-state index is 0.144. The minimum atomic E-state index is -0.598. The third kappa shape index (κ3) is 3.96. The number of azo groups is 1. The molecule has 1 heterocycles. The van der Waals surface area contributed by atoms with E-state index in [0.29, 0.717) is 16.6 Å². The molecule has 3 rings (SSSR count). The monoisotopic (exact) mass is 350 g/mol. The largest absolute Gasteiger partial charge is 0.493 e. The van der Waals surface area contributed by atoms with E-state index >= 15 is 0 Å². The Kier molecular flexibility index (Phi) is 5.09. The Morgan fingerprint density at radius 2 is 1.96 bits per heavy atom. The maximum absolute atomic E-state index is 11.8. The highest BCUT2D eigenvalue weighted by atomic mass is 16.6. The smallest absolute Gasteiger partial charge is 0.292 e. The zero-order valence-corrected chi connectivity index (χ0v) is 14.2. The Morgan fingerprint density at radius 3 is 2.73 bits per heavy atom. The Hall–Kier alpha value is -3.45. The van der Waals surface area contributed by atoms with Crippen LogP contribution in [-0.2, 0) is 9.63 Å². The van der Waals surface area contributed by atoms with Crippen molar-refractivity contribution in [1.29, 1.82) is 0 Å². The van der Waals surface area contributed by atoms with Crippen molar-refractivity contribution in [2.24, 2.45) is 10.2 Å². The van der Waals surface area contributed by atoms with Gasteiger partial charge in [-0.1, -0.05) is 54.6 Å². The molecule has 3 aromatic rings. The first-order chi connectivity index (χ1) is 12.5. The summed E-state index contributed by atoms with van der Waals surface area (Å²) in [5.41, 5.74) is 6.06. The molecule has 2 aromatic carbocycles. The summed E-state index contributed by atoms with van der Waals surface area (Å²) in [5.74, 6) is -0.742. The van der Waals surface area contributed by atoms with Crippen LogP contribution in [0.1, 0.15) is 11.1 Å². The van der Waals surface area contributed by atoms with Crippen LogP contribution in [0.15, 0.2) is 65.3 Å². The van der Waals surface area contributed by atoms with Gasteiger partial charge in [0.15, 0.2) is 12.3 Å². The van der Waals surface area contributed by atoms with E-state index in [4.69, 9.17) is 4.84 Å². The number of fused-ring (bicyclic) bond motifs is 1. The fourth-order valence-electron chi connectivity index (χ4n) is 2.35. The van der Waals surface area contributed by atoms with Crippen LogP contribution in [0.3, 0.4) is 0 Å². The summed E-state index contributed by atoms with van der Waals surface area (Å²) in [4.78, 5) is 19.7. The molecule has 0 aliphatic heterocycles. The number of amides is 1. The molecule has 0 spiro atoms. The third-order valence-corrected chi connectivity index (χ3v) is 3.71. The lowest BCUT2D eigenvalue weighted by Gasteiger charge is -2.08. The van der Waals surface area contributed by atoms with Gasteiger partial charge >= 0.3 is 0 Å². The van der Waals surface area contributed by atoms with E-state index < -0.39 is 5.91 Å². The standard InChI is InChI=1S/C19H18N4O3/c1-12-7-9-14(10-8-12)13(2)23-26-11-17(24)21-22-18-15-5-3-4-6-16(15)20-19(18)25/h3-10,20,23,25H,2,11H2,1H3. The number of rotatable bonds is 6. The first kappa shape index (κ1) is 17.4. The Labute approximate surface area is 150 Å². The van der Waals surface area contributed by atoms with Crippen LogP contribution in [0.2, 0.25) is 0 Å². The Bertz CT molecular complexity index is 974. The molecule has 26 heavy (non-hydrogen) atoms. The number of hydroxylamine groups is 1. The lowest BCUT2D eigenvalue weighted by atomic mass is 10.1. The first-order valence-electron chi connectivity index (χ1n) is 7.92. The molecule has 7 heteroatoms.